The van der Waals surface area contributed by atoms with Crippen LogP contribution in [0.5, 0.6) is 5.75 Å². The van der Waals surface area contributed by atoms with Gasteiger partial charge in [-0.1, -0.05) is 29.8 Å². The van der Waals surface area contributed by atoms with Gasteiger partial charge in [-0.25, -0.2) is 4.39 Å². The van der Waals surface area contributed by atoms with Crippen molar-refractivity contribution >= 4 is 11.6 Å². The van der Waals surface area contributed by atoms with E-state index in [4.69, 9.17) is 16.3 Å². The van der Waals surface area contributed by atoms with E-state index in [9.17, 15) is 4.39 Å². The number of rotatable bonds is 2. The van der Waals surface area contributed by atoms with E-state index < -0.39 is 0 Å². The van der Waals surface area contributed by atoms with Crippen molar-refractivity contribution in [3.8, 4) is 16.9 Å². The molecule has 0 saturated carbocycles. The minimum atomic E-state index is -0.366. The van der Waals surface area contributed by atoms with Crippen LogP contribution in [0.2, 0.25) is 5.02 Å². The molecular formula is C13H10ClFO. The van der Waals surface area contributed by atoms with E-state index >= 15 is 0 Å². The molecule has 0 N–H and O–H groups in total. The molecule has 2 rings (SSSR count). The highest BCUT2D eigenvalue weighted by Crippen LogP contribution is 2.26. The molecule has 0 amide bonds. The van der Waals surface area contributed by atoms with E-state index in [1.54, 1.807) is 18.2 Å². The Morgan fingerprint density at radius 2 is 1.62 bits per heavy atom. The van der Waals surface area contributed by atoms with Gasteiger partial charge in [0.1, 0.15) is 0 Å². The van der Waals surface area contributed by atoms with Crippen LogP contribution in [0.15, 0.2) is 42.5 Å². The van der Waals surface area contributed by atoms with Crippen molar-refractivity contribution in [2.24, 2.45) is 0 Å². The average Bonchev–Trinajstić information content (AvgIpc) is 2.30. The third-order valence-electron chi connectivity index (χ3n) is 2.33. The SMILES string of the molecule is COc1ccc(-c2ccc(Cl)cc2)cc1F. The molecule has 16 heavy (non-hydrogen) atoms. The topological polar surface area (TPSA) is 9.23 Å². The van der Waals surface area contributed by atoms with Crippen LogP contribution >= 0.6 is 11.6 Å². The Morgan fingerprint density at radius 3 is 2.19 bits per heavy atom. The third kappa shape index (κ3) is 2.17. The predicted molar refractivity (Wildman–Crippen MR) is 63.4 cm³/mol. The van der Waals surface area contributed by atoms with Crippen molar-refractivity contribution < 1.29 is 9.13 Å². The summed E-state index contributed by atoms with van der Waals surface area (Å²) in [5, 5.41) is 0.665. The lowest BCUT2D eigenvalue weighted by atomic mass is 10.1. The molecular weight excluding hydrogens is 227 g/mol. The highest BCUT2D eigenvalue weighted by molar-refractivity contribution is 6.30. The van der Waals surface area contributed by atoms with Gasteiger partial charge in [-0.15, -0.1) is 0 Å². The lowest BCUT2D eigenvalue weighted by Gasteiger charge is -2.05. The number of halogens is 2. The summed E-state index contributed by atoms with van der Waals surface area (Å²) in [5.41, 5.74) is 1.72. The lowest BCUT2D eigenvalue weighted by molar-refractivity contribution is 0.386. The molecule has 0 aromatic heterocycles. The van der Waals surface area contributed by atoms with Gasteiger partial charge < -0.3 is 4.74 Å². The van der Waals surface area contributed by atoms with Gasteiger partial charge in [-0.2, -0.15) is 0 Å². The molecule has 0 bridgehead atoms. The molecule has 82 valence electrons. The Kier molecular flexibility index (Phi) is 3.11. The quantitative estimate of drug-likeness (QED) is 0.761. The van der Waals surface area contributed by atoms with Crippen LogP contribution in [0.1, 0.15) is 0 Å². The van der Waals surface area contributed by atoms with Gasteiger partial charge in [0.2, 0.25) is 0 Å². The van der Waals surface area contributed by atoms with Crippen LogP contribution in [-0.2, 0) is 0 Å². The summed E-state index contributed by atoms with van der Waals surface area (Å²) in [6.45, 7) is 0. The first-order valence-corrected chi connectivity index (χ1v) is 5.18. The maximum Gasteiger partial charge on any atom is 0.165 e. The van der Waals surface area contributed by atoms with Crippen LogP contribution < -0.4 is 4.74 Å². The highest BCUT2D eigenvalue weighted by Gasteiger charge is 2.04. The number of ether oxygens (including phenoxy) is 1. The summed E-state index contributed by atoms with van der Waals surface area (Å²) < 4.78 is 18.3. The fraction of sp³-hybridized carbons (Fsp3) is 0.0769. The number of hydrogen-bond acceptors (Lipinski definition) is 1. The van der Waals surface area contributed by atoms with Crippen LogP contribution in [-0.4, -0.2) is 7.11 Å². The molecule has 0 heterocycles. The van der Waals surface area contributed by atoms with Crippen molar-refractivity contribution in [2.75, 3.05) is 7.11 Å². The predicted octanol–water partition coefficient (Wildman–Crippen LogP) is 4.15. The van der Waals surface area contributed by atoms with E-state index in [1.807, 2.05) is 18.2 Å². The molecule has 0 radical (unpaired) electrons. The monoisotopic (exact) mass is 236 g/mol. The molecule has 3 heteroatoms. The molecule has 0 aliphatic carbocycles. The zero-order valence-corrected chi connectivity index (χ0v) is 9.46. The molecule has 2 aromatic rings. The number of benzene rings is 2. The minimum absolute atomic E-state index is 0.248. The maximum atomic E-state index is 13.5. The van der Waals surface area contributed by atoms with E-state index in [0.717, 1.165) is 11.1 Å². The zero-order chi connectivity index (χ0) is 11.5. The van der Waals surface area contributed by atoms with Crippen molar-refractivity contribution in [3.63, 3.8) is 0 Å². The van der Waals surface area contributed by atoms with E-state index in [1.165, 1.54) is 13.2 Å². The Hall–Kier alpha value is -1.54. The highest BCUT2D eigenvalue weighted by atomic mass is 35.5. The molecule has 0 unspecified atom stereocenters. The van der Waals surface area contributed by atoms with E-state index in [2.05, 4.69) is 0 Å². The fourth-order valence-electron chi connectivity index (χ4n) is 1.49. The third-order valence-corrected chi connectivity index (χ3v) is 2.58. The van der Waals surface area contributed by atoms with Gasteiger partial charge in [0.25, 0.3) is 0 Å². The molecule has 0 fully saturated rings. The van der Waals surface area contributed by atoms with Crippen molar-refractivity contribution in [2.45, 2.75) is 0 Å². The second-order valence-corrected chi connectivity index (χ2v) is 3.79. The first-order valence-electron chi connectivity index (χ1n) is 4.80. The summed E-state index contributed by atoms with van der Waals surface area (Å²) in [5.74, 6) is -0.118. The summed E-state index contributed by atoms with van der Waals surface area (Å²) >= 11 is 5.78. The molecule has 0 spiro atoms. The van der Waals surface area contributed by atoms with Crippen LogP contribution in [0.3, 0.4) is 0 Å². The summed E-state index contributed by atoms with van der Waals surface area (Å²) in [6, 6.07) is 12.1. The normalized spacial score (nSPS) is 10.2. The summed E-state index contributed by atoms with van der Waals surface area (Å²) in [6.07, 6.45) is 0. The maximum absolute atomic E-state index is 13.5. The second kappa shape index (κ2) is 4.54. The molecule has 1 nitrogen and oxygen atoms in total. The van der Waals surface area contributed by atoms with Gasteiger partial charge in [0, 0.05) is 5.02 Å². The van der Waals surface area contributed by atoms with Gasteiger partial charge in [0.05, 0.1) is 7.11 Å². The summed E-state index contributed by atoms with van der Waals surface area (Å²) in [7, 11) is 1.44. The Balaban J connectivity index is 2.41. The van der Waals surface area contributed by atoms with Gasteiger partial charge in [-0.05, 0) is 35.4 Å². The Bertz CT molecular complexity index is 494. The van der Waals surface area contributed by atoms with E-state index in [0.29, 0.717) is 5.02 Å². The molecule has 0 aliphatic heterocycles. The first kappa shape index (κ1) is 11.0. The Morgan fingerprint density at radius 1 is 1.00 bits per heavy atom. The van der Waals surface area contributed by atoms with Crippen molar-refractivity contribution in [1.29, 1.82) is 0 Å². The molecule has 0 aliphatic rings. The smallest absolute Gasteiger partial charge is 0.165 e. The number of methoxy groups -OCH3 is 1. The fourth-order valence-corrected chi connectivity index (χ4v) is 1.61. The number of hydrogen-bond donors (Lipinski definition) is 0. The van der Waals surface area contributed by atoms with Crippen LogP contribution in [0.4, 0.5) is 4.39 Å². The van der Waals surface area contributed by atoms with E-state index in [-0.39, 0.29) is 11.6 Å². The molecule has 0 atom stereocenters. The summed E-state index contributed by atoms with van der Waals surface area (Å²) in [4.78, 5) is 0. The van der Waals surface area contributed by atoms with Crippen molar-refractivity contribution in [1.82, 2.24) is 0 Å². The van der Waals surface area contributed by atoms with Crippen LogP contribution in [0, 0.1) is 5.82 Å². The Labute approximate surface area is 98.4 Å². The van der Waals surface area contributed by atoms with Gasteiger partial charge >= 0.3 is 0 Å². The van der Waals surface area contributed by atoms with Crippen LogP contribution in [0.25, 0.3) is 11.1 Å². The largest absolute Gasteiger partial charge is 0.494 e. The molecule has 0 saturated heterocycles. The van der Waals surface area contributed by atoms with Gasteiger partial charge in [0.15, 0.2) is 11.6 Å². The second-order valence-electron chi connectivity index (χ2n) is 3.36. The lowest BCUT2D eigenvalue weighted by Crippen LogP contribution is -1.88. The minimum Gasteiger partial charge on any atom is -0.494 e. The molecule has 2 aromatic carbocycles. The van der Waals surface area contributed by atoms with Crippen molar-refractivity contribution in [3.05, 3.63) is 53.3 Å². The average molecular weight is 237 g/mol. The van der Waals surface area contributed by atoms with Gasteiger partial charge in [-0.3, -0.25) is 0 Å². The zero-order valence-electron chi connectivity index (χ0n) is 8.71. The standard InChI is InChI=1S/C13H10ClFO/c1-16-13-7-4-10(8-12(13)15)9-2-5-11(14)6-3-9/h2-8H,1H3. The first-order chi connectivity index (χ1) is 7.70.